The van der Waals surface area contributed by atoms with Gasteiger partial charge in [0.25, 0.3) is 0 Å². The molecule has 2 heterocycles. The molecule has 1 amide bonds. The van der Waals surface area contributed by atoms with Crippen molar-refractivity contribution in [3.63, 3.8) is 0 Å². The van der Waals surface area contributed by atoms with Gasteiger partial charge in [-0.1, -0.05) is 11.6 Å². The molecule has 1 aliphatic heterocycles. The summed E-state index contributed by atoms with van der Waals surface area (Å²) in [4.78, 5) is 15.6. The average Bonchev–Trinajstić information content (AvgIpc) is 3.04. The second-order valence-electron chi connectivity index (χ2n) is 6.29. The first kappa shape index (κ1) is 20.4. The number of aryl methyl sites for hydroxylation is 1. The fourth-order valence-corrected chi connectivity index (χ4v) is 4.79. The van der Waals surface area contributed by atoms with Crippen LogP contribution < -0.4 is 9.99 Å². The van der Waals surface area contributed by atoms with Gasteiger partial charge in [0, 0.05) is 78.8 Å². The van der Waals surface area contributed by atoms with Crippen LogP contribution in [0.2, 0.25) is 5.02 Å². The van der Waals surface area contributed by atoms with Crippen molar-refractivity contribution in [1.82, 2.24) is 15.1 Å². The van der Waals surface area contributed by atoms with Gasteiger partial charge >= 0.3 is 0 Å². The predicted octanol–water partition coefficient (Wildman–Crippen LogP) is 4.06. The molecule has 1 aromatic carbocycles. The number of benzene rings is 1. The van der Waals surface area contributed by atoms with Crippen LogP contribution in [0.15, 0.2) is 12.1 Å². The molecular weight excluding hydrogens is 498 g/mol. The molecule has 1 fully saturated rings. The molecule has 144 valence electrons. The number of piperazine rings is 1. The number of nitrogens with one attached hydrogen (secondary N) is 3. The highest BCUT2D eigenvalue weighted by Gasteiger charge is 2.26. The van der Waals surface area contributed by atoms with Gasteiger partial charge in [-0.25, -0.2) is 0 Å². The summed E-state index contributed by atoms with van der Waals surface area (Å²) < 4.78 is 0. The fraction of sp³-hybridized carbons (Fsp3) is 0.353. The number of halogens is 2. The lowest BCUT2D eigenvalue weighted by molar-refractivity contribution is -0.129. The van der Waals surface area contributed by atoms with Gasteiger partial charge in [0.2, 0.25) is 5.91 Å². The number of rotatable bonds is 5. The van der Waals surface area contributed by atoms with Crippen LogP contribution in [0.5, 0.6) is 0 Å². The number of aromatic amines is 1. The summed E-state index contributed by atoms with van der Waals surface area (Å²) in [7, 11) is 0. The average molecular weight is 519 g/mol. The van der Waals surface area contributed by atoms with E-state index in [1.165, 1.54) is 6.21 Å². The van der Waals surface area contributed by atoms with Crippen molar-refractivity contribution in [2.45, 2.75) is 13.8 Å². The number of nitrogens with zero attached hydrogens (tertiary/aromatic N) is 3. The van der Waals surface area contributed by atoms with Gasteiger partial charge in [0.1, 0.15) is 0 Å². The van der Waals surface area contributed by atoms with Crippen molar-refractivity contribution in [2.75, 3.05) is 36.2 Å². The Morgan fingerprint density at radius 2 is 2.07 bits per heavy atom. The first-order valence-corrected chi connectivity index (χ1v) is 13.0. The van der Waals surface area contributed by atoms with Gasteiger partial charge in [-0.2, -0.15) is 5.10 Å². The highest BCUT2D eigenvalue weighted by molar-refractivity contribution is 14.2. The molecule has 10 heteroatoms. The van der Waals surface area contributed by atoms with E-state index < -0.39 is 0 Å². The van der Waals surface area contributed by atoms with Crippen LogP contribution in [0.25, 0.3) is 11.1 Å². The lowest BCUT2D eigenvalue weighted by atomic mass is 9.98. The number of anilines is 2. The molecule has 1 unspecified atom stereocenters. The summed E-state index contributed by atoms with van der Waals surface area (Å²) in [6.45, 7) is 6.32. The molecule has 3 N–H and O–H groups in total. The monoisotopic (exact) mass is 518 g/mol. The Kier molecular flexibility index (Phi) is 6.60. The topological polar surface area (TPSA) is 88.1 Å². The molecule has 1 aliphatic rings. The van der Waals surface area contributed by atoms with E-state index in [0.717, 1.165) is 33.9 Å². The van der Waals surface area contributed by atoms with Crippen LogP contribution in [0, 0.1) is 12.3 Å². The molecule has 1 saturated heterocycles. The quantitative estimate of drug-likeness (QED) is 0.316. The van der Waals surface area contributed by atoms with E-state index in [9.17, 15) is 4.79 Å². The lowest BCUT2D eigenvalue weighted by Crippen LogP contribution is -2.48. The van der Waals surface area contributed by atoms with Gasteiger partial charge in [-0.15, -0.1) is 0 Å². The Balaban J connectivity index is 2.05. The van der Waals surface area contributed by atoms with Crippen molar-refractivity contribution >= 4 is 63.6 Å². The Hall–Kier alpha value is -1.38. The third-order valence-electron chi connectivity index (χ3n) is 4.72. The normalized spacial score (nSPS) is 14.8. The van der Waals surface area contributed by atoms with Gasteiger partial charge in [0.05, 0.1) is 0 Å². The van der Waals surface area contributed by atoms with E-state index in [2.05, 4.69) is 42.2 Å². The van der Waals surface area contributed by atoms with Gasteiger partial charge in [-0.05, 0) is 41.1 Å². The van der Waals surface area contributed by atoms with E-state index in [4.69, 9.17) is 17.0 Å². The molecule has 0 aliphatic carbocycles. The smallest absolute Gasteiger partial charge is 0.219 e. The van der Waals surface area contributed by atoms with Gasteiger partial charge < -0.3 is 20.3 Å². The molecule has 1 aromatic heterocycles. The summed E-state index contributed by atoms with van der Waals surface area (Å²) in [5.41, 5.74) is 4.25. The number of carbonyl (C=O) groups excluding carboxylic acids is 1. The molecule has 0 saturated carbocycles. The molecule has 7 nitrogen and oxygen atoms in total. The molecular formula is C17H21ClIN6OP. The van der Waals surface area contributed by atoms with Crippen molar-refractivity contribution in [3.8, 4) is 11.1 Å². The number of aromatic nitrogens is 2. The number of carbonyl (C=O) groups is 1. The maximum absolute atomic E-state index is 11.6. The maximum atomic E-state index is 11.6. The zero-order valence-electron chi connectivity index (χ0n) is 15.1. The van der Waals surface area contributed by atoms with Crippen molar-refractivity contribution in [1.29, 1.82) is 5.41 Å². The van der Waals surface area contributed by atoms with Crippen LogP contribution in [0.3, 0.4) is 0 Å². The summed E-state index contributed by atoms with van der Waals surface area (Å²) in [5.74, 6) is 0.912. The summed E-state index contributed by atoms with van der Waals surface area (Å²) in [5, 5.41) is 19.4. The SMILES string of the molecule is CC(=O)N1CCN(c2n[nH]c(C)c2-c2c(Cl)ccc(NPI)c2C=N)CC1. The third-order valence-corrected chi connectivity index (χ3v) is 6.21. The minimum Gasteiger partial charge on any atom is -0.358 e. The molecule has 2 aromatic rings. The highest BCUT2D eigenvalue weighted by Crippen LogP contribution is 2.42. The largest absolute Gasteiger partial charge is 0.358 e. The molecule has 0 bridgehead atoms. The second kappa shape index (κ2) is 8.75. The standard InChI is InChI=1S/C17H21ClIN6OP/c1-10-15(16-12(9-20)14(23-27-19)4-3-13(16)18)17(22-21-10)25-7-5-24(6-8-25)11(2)26/h3-4,9,20,23,27H,5-8H2,1-2H3,(H,21,22). The first-order valence-electron chi connectivity index (χ1n) is 8.48. The van der Waals surface area contributed by atoms with E-state index in [1.54, 1.807) is 6.92 Å². The van der Waals surface area contributed by atoms with Crippen molar-refractivity contribution in [3.05, 3.63) is 28.4 Å². The number of hydrogen-bond acceptors (Lipinski definition) is 5. The summed E-state index contributed by atoms with van der Waals surface area (Å²) in [6.07, 6.45) is 1.83. The van der Waals surface area contributed by atoms with Crippen LogP contribution in [-0.4, -0.2) is 53.4 Å². The zero-order valence-corrected chi connectivity index (χ0v) is 19.0. The number of H-pyrrole nitrogens is 1. The van der Waals surface area contributed by atoms with Gasteiger partial charge in [-0.3, -0.25) is 9.89 Å². The Morgan fingerprint density at radius 3 is 2.67 bits per heavy atom. The van der Waals surface area contributed by atoms with Crippen LogP contribution in [-0.2, 0) is 4.79 Å². The first-order chi connectivity index (χ1) is 13.0. The van der Waals surface area contributed by atoms with Crippen molar-refractivity contribution in [2.24, 2.45) is 0 Å². The van der Waals surface area contributed by atoms with E-state index in [0.29, 0.717) is 37.6 Å². The maximum Gasteiger partial charge on any atom is 0.219 e. The van der Waals surface area contributed by atoms with E-state index in [-0.39, 0.29) is 5.91 Å². The highest BCUT2D eigenvalue weighted by atomic mass is 127. The van der Waals surface area contributed by atoms with Crippen LogP contribution >= 0.6 is 40.0 Å². The number of hydrogen-bond donors (Lipinski definition) is 3. The summed E-state index contributed by atoms with van der Waals surface area (Å²) >= 11 is 8.84. The van der Waals surface area contributed by atoms with Crippen molar-refractivity contribution < 1.29 is 4.79 Å². The molecule has 1 atom stereocenters. The van der Waals surface area contributed by atoms with E-state index in [1.807, 2.05) is 24.0 Å². The molecule has 0 spiro atoms. The van der Waals surface area contributed by atoms with Gasteiger partial charge in [0.15, 0.2) is 5.82 Å². The Labute approximate surface area is 178 Å². The lowest BCUT2D eigenvalue weighted by Gasteiger charge is -2.35. The van der Waals surface area contributed by atoms with Crippen LogP contribution in [0.1, 0.15) is 18.2 Å². The molecule has 3 rings (SSSR count). The van der Waals surface area contributed by atoms with E-state index >= 15 is 0 Å². The summed E-state index contributed by atoms with van der Waals surface area (Å²) in [6, 6.07) is 3.76. The molecule has 0 radical (unpaired) electrons. The Bertz CT molecular complexity index is 865. The Morgan fingerprint density at radius 1 is 1.37 bits per heavy atom. The predicted molar refractivity (Wildman–Crippen MR) is 122 cm³/mol. The third kappa shape index (κ3) is 4.07. The minimum absolute atomic E-state index is 0.0978. The zero-order chi connectivity index (χ0) is 19.6. The fourth-order valence-electron chi connectivity index (χ4n) is 3.33. The van der Waals surface area contributed by atoms with Crippen LogP contribution in [0.4, 0.5) is 11.5 Å². The number of amides is 1. The minimum atomic E-state index is 0.0978. The molecule has 27 heavy (non-hydrogen) atoms. The second-order valence-corrected chi connectivity index (χ2v) is 8.75.